The molecule has 1 heterocycles. The van der Waals surface area contributed by atoms with E-state index in [1.807, 2.05) is 19.1 Å². The van der Waals surface area contributed by atoms with Crippen LogP contribution < -0.4 is 15.8 Å². The Labute approximate surface area is 114 Å². The maximum Gasteiger partial charge on any atom is 0.229 e. The molecule has 0 radical (unpaired) electrons. The van der Waals surface area contributed by atoms with Crippen LogP contribution in [0, 0.1) is 6.92 Å². The van der Waals surface area contributed by atoms with Gasteiger partial charge in [0.25, 0.3) is 0 Å². The van der Waals surface area contributed by atoms with Crippen molar-refractivity contribution in [2.45, 2.75) is 13.3 Å². The first-order valence-corrected chi connectivity index (χ1v) is 6.54. The van der Waals surface area contributed by atoms with Crippen molar-refractivity contribution in [2.75, 3.05) is 17.7 Å². The molecule has 0 aliphatic rings. The maximum atomic E-state index is 11.6. The molecule has 3 N–H and O–H groups in total. The summed E-state index contributed by atoms with van der Waals surface area (Å²) in [5, 5.41) is 11.6. The molecule has 0 bridgehead atoms. The second kappa shape index (κ2) is 6.14. The minimum atomic E-state index is -0.161. The number of carbonyl (C=O) groups excluding carboxylic acids is 1. The lowest BCUT2D eigenvalue weighted by Crippen LogP contribution is -2.15. The van der Waals surface area contributed by atoms with Crippen molar-refractivity contribution in [3.05, 3.63) is 29.3 Å². The minimum Gasteiger partial charge on any atom is -0.491 e. The largest absolute Gasteiger partial charge is 0.491 e. The van der Waals surface area contributed by atoms with Crippen molar-refractivity contribution < 1.29 is 9.53 Å². The Morgan fingerprint density at radius 1 is 1.42 bits per heavy atom. The second-order valence-corrected chi connectivity index (χ2v) is 4.99. The first kappa shape index (κ1) is 13.3. The van der Waals surface area contributed by atoms with E-state index in [-0.39, 0.29) is 18.9 Å². The van der Waals surface area contributed by atoms with Gasteiger partial charge in [-0.25, -0.2) is 0 Å². The zero-order chi connectivity index (χ0) is 13.7. The Bertz CT molecular complexity index is 570. The van der Waals surface area contributed by atoms with Gasteiger partial charge < -0.3 is 15.8 Å². The van der Waals surface area contributed by atoms with E-state index in [0.29, 0.717) is 16.6 Å². The van der Waals surface area contributed by atoms with Crippen LogP contribution in [0.15, 0.2) is 24.3 Å². The molecule has 0 saturated heterocycles. The van der Waals surface area contributed by atoms with E-state index in [9.17, 15) is 4.79 Å². The van der Waals surface area contributed by atoms with Crippen molar-refractivity contribution in [1.29, 1.82) is 0 Å². The number of nitrogens with one attached hydrogen (secondary N) is 1. The number of carbonyl (C=O) groups is 1. The lowest BCUT2D eigenvalue weighted by molar-refractivity contribution is -0.116. The molecule has 7 heteroatoms. The van der Waals surface area contributed by atoms with Gasteiger partial charge in [-0.05, 0) is 19.1 Å². The molecule has 2 aromatic rings. The number of anilines is 2. The Morgan fingerprint density at radius 3 is 2.89 bits per heavy atom. The highest BCUT2D eigenvalue weighted by atomic mass is 32.1. The topological polar surface area (TPSA) is 90.1 Å². The first-order chi connectivity index (χ1) is 9.15. The van der Waals surface area contributed by atoms with Crippen LogP contribution in [0.1, 0.15) is 11.4 Å². The van der Waals surface area contributed by atoms with Crippen molar-refractivity contribution in [3.8, 4) is 5.75 Å². The number of nitrogen functional groups attached to an aromatic ring is 1. The van der Waals surface area contributed by atoms with Crippen molar-refractivity contribution in [3.63, 3.8) is 0 Å². The van der Waals surface area contributed by atoms with E-state index in [1.54, 1.807) is 12.1 Å². The fourth-order valence-electron chi connectivity index (χ4n) is 1.39. The number of nitrogens with two attached hydrogens (primary N) is 1. The SMILES string of the molecule is Cc1nnc(NC(=O)CCOc2ccccc2N)s1. The van der Waals surface area contributed by atoms with E-state index in [4.69, 9.17) is 10.5 Å². The Balaban J connectivity index is 1.77. The molecule has 19 heavy (non-hydrogen) atoms. The summed E-state index contributed by atoms with van der Waals surface area (Å²) >= 11 is 1.33. The van der Waals surface area contributed by atoms with Gasteiger partial charge in [0.1, 0.15) is 10.8 Å². The molecule has 0 aliphatic carbocycles. The predicted octanol–water partition coefficient (Wildman–Crippen LogP) is 1.84. The van der Waals surface area contributed by atoms with Gasteiger partial charge in [0.2, 0.25) is 11.0 Å². The monoisotopic (exact) mass is 278 g/mol. The quantitative estimate of drug-likeness (QED) is 0.814. The van der Waals surface area contributed by atoms with E-state index in [2.05, 4.69) is 15.5 Å². The summed E-state index contributed by atoms with van der Waals surface area (Å²) in [5.41, 5.74) is 6.28. The van der Waals surface area contributed by atoms with Gasteiger partial charge in [-0.3, -0.25) is 4.79 Å². The summed E-state index contributed by atoms with van der Waals surface area (Å²) in [7, 11) is 0. The number of hydrogen-bond acceptors (Lipinski definition) is 6. The van der Waals surface area contributed by atoms with Crippen LogP contribution in [0.2, 0.25) is 0 Å². The number of rotatable bonds is 5. The fourth-order valence-corrected chi connectivity index (χ4v) is 2.00. The van der Waals surface area contributed by atoms with E-state index < -0.39 is 0 Å². The van der Waals surface area contributed by atoms with Crippen molar-refractivity contribution >= 4 is 28.1 Å². The molecule has 100 valence electrons. The lowest BCUT2D eigenvalue weighted by Gasteiger charge is -2.07. The molecule has 0 unspecified atom stereocenters. The van der Waals surface area contributed by atoms with Gasteiger partial charge in [-0.1, -0.05) is 23.5 Å². The molecule has 2 rings (SSSR count). The summed E-state index contributed by atoms with van der Waals surface area (Å²) in [4.78, 5) is 11.6. The third-order valence-corrected chi connectivity index (χ3v) is 3.03. The van der Waals surface area contributed by atoms with Crippen LogP contribution in [0.5, 0.6) is 5.75 Å². The Hall–Kier alpha value is -2.15. The average Bonchev–Trinajstić information content (AvgIpc) is 2.77. The van der Waals surface area contributed by atoms with Gasteiger partial charge in [-0.15, -0.1) is 10.2 Å². The third kappa shape index (κ3) is 3.92. The standard InChI is InChI=1S/C12H14N4O2S/c1-8-15-16-12(19-8)14-11(17)6-7-18-10-5-3-2-4-9(10)13/h2-5H,6-7,13H2,1H3,(H,14,16,17). The summed E-state index contributed by atoms with van der Waals surface area (Å²) in [6.07, 6.45) is 0.229. The summed E-state index contributed by atoms with van der Waals surface area (Å²) < 4.78 is 5.43. The van der Waals surface area contributed by atoms with Gasteiger partial charge in [0.15, 0.2) is 0 Å². The molecular weight excluding hydrogens is 264 g/mol. The van der Waals surface area contributed by atoms with Crippen molar-refractivity contribution in [2.24, 2.45) is 0 Å². The predicted molar refractivity (Wildman–Crippen MR) is 74.2 cm³/mol. The third-order valence-electron chi connectivity index (χ3n) is 2.28. The fraction of sp³-hybridized carbons (Fsp3) is 0.250. The van der Waals surface area contributed by atoms with Crippen LogP contribution in [0.25, 0.3) is 0 Å². The molecule has 0 saturated carbocycles. The number of aromatic nitrogens is 2. The van der Waals surface area contributed by atoms with E-state index in [1.165, 1.54) is 11.3 Å². The molecule has 1 amide bonds. The molecule has 0 atom stereocenters. The molecule has 0 spiro atoms. The van der Waals surface area contributed by atoms with Crippen LogP contribution in [0.3, 0.4) is 0 Å². The Kier molecular flexibility index (Phi) is 4.30. The molecule has 1 aromatic heterocycles. The maximum absolute atomic E-state index is 11.6. The highest BCUT2D eigenvalue weighted by molar-refractivity contribution is 7.15. The van der Waals surface area contributed by atoms with Crippen molar-refractivity contribution in [1.82, 2.24) is 10.2 Å². The molecular formula is C12H14N4O2S. The van der Waals surface area contributed by atoms with Gasteiger partial charge in [-0.2, -0.15) is 0 Å². The second-order valence-electron chi connectivity index (χ2n) is 3.81. The normalized spacial score (nSPS) is 10.2. The number of ether oxygens (including phenoxy) is 1. The molecule has 1 aromatic carbocycles. The number of nitrogens with zero attached hydrogens (tertiary/aromatic N) is 2. The molecule has 0 aliphatic heterocycles. The van der Waals surface area contributed by atoms with Gasteiger partial charge in [0.05, 0.1) is 18.7 Å². The van der Waals surface area contributed by atoms with Gasteiger partial charge in [0, 0.05) is 0 Å². The average molecular weight is 278 g/mol. The highest BCUT2D eigenvalue weighted by Gasteiger charge is 2.07. The van der Waals surface area contributed by atoms with Crippen LogP contribution in [-0.4, -0.2) is 22.7 Å². The van der Waals surface area contributed by atoms with E-state index >= 15 is 0 Å². The highest BCUT2D eigenvalue weighted by Crippen LogP contribution is 2.20. The number of amides is 1. The van der Waals surface area contributed by atoms with Gasteiger partial charge >= 0.3 is 0 Å². The van der Waals surface area contributed by atoms with Crippen LogP contribution >= 0.6 is 11.3 Å². The first-order valence-electron chi connectivity index (χ1n) is 5.72. The lowest BCUT2D eigenvalue weighted by atomic mass is 10.3. The zero-order valence-corrected chi connectivity index (χ0v) is 11.2. The summed E-state index contributed by atoms with van der Waals surface area (Å²) in [6, 6.07) is 7.17. The zero-order valence-electron chi connectivity index (χ0n) is 10.4. The molecule has 0 fully saturated rings. The number of aryl methyl sites for hydroxylation is 1. The molecule has 6 nitrogen and oxygen atoms in total. The summed E-state index contributed by atoms with van der Waals surface area (Å²) in [5.74, 6) is 0.424. The Morgan fingerprint density at radius 2 is 2.21 bits per heavy atom. The number of para-hydroxylation sites is 2. The van der Waals surface area contributed by atoms with E-state index in [0.717, 1.165) is 5.01 Å². The smallest absolute Gasteiger partial charge is 0.229 e. The number of hydrogen-bond donors (Lipinski definition) is 2. The minimum absolute atomic E-state index is 0.161. The van der Waals surface area contributed by atoms with Crippen LogP contribution in [0.4, 0.5) is 10.8 Å². The summed E-state index contributed by atoms with van der Waals surface area (Å²) in [6.45, 7) is 2.09. The van der Waals surface area contributed by atoms with Crippen LogP contribution in [-0.2, 0) is 4.79 Å². The number of benzene rings is 1.